The van der Waals surface area contributed by atoms with E-state index in [0.717, 1.165) is 49.3 Å². The van der Waals surface area contributed by atoms with Crippen molar-refractivity contribution in [1.82, 2.24) is 15.0 Å². The molecule has 0 aliphatic heterocycles. The van der Waals surface area contributed by atoms with Gasteiger partial charge in [-0.05, 0) is 37.3 Å². The maximum absolute atomic E-state index is 9.85. The molecule has 3 aromatic heterocycles. The summed E-state index contributed by atoms with van der Waals surface area (Å²) < 4.78 is 0. The van der Waals surface area contributed by atoms with Crippen LogP contribution >= 0.6 is 11.3 Å². The summed E-state index contributed by atoms with van der Waals surface area (Å²) >= 11 is 1.58. The highest BCUT2D eigenvalue weighted by molar-refractivity contribution is 7.13. The van der Waals surface area contributed by atoms with E-state index in [0.29, 0.717) is 0 Å². The van der Waals surface area contributed by atoms with Crippen LogP contribution in [0.15, 0.2) is 48.0 Å². The number of aromatic nitrogens is 3. The Morgan fingerprint density at radius 1 is 0.962 bits per heavy atom. The molecule has 2 aromatic carbocycles. The SMILES string of the molecule is Cc1[nH]c2ccc(O)cc2c1-c1csc(-c2c[nH]c3cc(O)ccc23)n1. The minimum Gasteiger partial charge on any atom is -0.508 e. The van der Waals surface area contributed by atoms with Gasteiger partial charge in [-0.15, -0.1) is 11.3 Å². The number of nitrogens with zero attached hydrogens (tertiary/aromatic N) is 1. The Kier molecular flexibility index (Phi) is 3.11. The Morgan fingerprint density at radius 2 is 1.77 bits per heavy atom. The minimum atomic E-state index is 0.236. The Labute approximate surface area is 152 Å². The van der Waals surface area contributed by atoms with E-state index in [-0.39, 0.29) is 11.5 Å². The summed E-state index contributed by atoms with van der Waals surface area (Å²) in [7, 11) is 0. The Balaban J connectivity index is 1.67. The molecule has 0 atom stereocenters. The predicted molar refractivity (Wildman–Crippen MR) is 105 cm³/mol. The molecule has 0 bridgehead atoms. The fourth-order valence-electron chi connectivity index (χ4n) is 3.45. The highest BCUT2D eigenvalue weighted by Gasteiger charge is 2.16. The van der Waals surface area contributed by atoms with Gasteiger partial charge in [0.05, 0.1) is 5.69 Å². The number of aromatic amines is 2. The summed E-state index contributed by atoms with van der Waals surface area (Å²) in [6.07, 6.45) is 1.92. The summed E-state index contributed by atoms with van der Waals surface area (Å²) in [5.74, 6) is 0.476. The van der Waals surface area contributed by atoms with Gasteiger partial charge in [-0.1, -0.05) is 0 Å². The van der Waals surface area contributed by atoms with Crippen LogP contribution in [-0.2, 0) is 0 Å². The van der Waals surface area contributed by atoms with E-state index in [4.69, 9.17) is 4.98 Å². The number of hydrogen-bond acceptors (Lipinski definition) is 4. The van der Waals surface area contributed by atoms with Crippen LogP contribution in [0, 0.1) is 6.92 Å². The number of rotatable bonds is 2. The van der Waals surface area contributed by atoms with Gasteiger partial charge in [0.2, 0.25) is 0 Å². The summed E-state index contributed by atoms with van der Waals surface area (Å²) in [6.45, 7) is 2.01. The summed E-state index contributed by atoms with van der Waals surface area (Å²) in [6, 6.07) is 10.6. The van der Waals surface area contributed by atoms with Crippen molar-refractivity contribution in [2.75, 3.05) is 0 Å². The van der Waals surface area contributed by atoms with Gasteiger partial charge in [0.15, 0.2) is 0 Å². The van der Waals surface area contributed by atoms with Crippen molar-refractivity contribution in [3.63, 3.8) is 0 Å². The Hall–Kier alpha value is -3.25. The largest absolute Gasteiger partial charge is 0.508 e. The lowest BCUT2D eigenvalue weighted by molar-refractivity contribution is 0.475. The normalized spacial score (nSPS) is 11.6. The second-order valence-electron chi connectivity index (χ2n) is 6.33. The minimum absolute atomic E-state index is 0.236. The van der Waals surface area contributed by atoms with Crippen LogP contribution in [-0.4, -0.2) is 25.2 Å². The predicted octanol–water partition coefficient (Wildman–Crippen LogP) is 5.16. The number of aromatic hydroxyl groups is 2. The first kappa shape index (κ1) is 15.0. The van der Waals surface area contributed by atoms with Gasteiger partial charge in [-0.3, -0.25) is 0 Å². The molecule has 5 rings (SSSR count). The highest BCUT2D eigenvalue weighted by Crippen LogP contribution is 2.38. The number of phenolic OH excluding ortho intramolecular Hbond substituents is 2. The third kappa shape index (κ3) is 2.19. The maximum Gasteiger partial charge on any atom is 0.126 e. The van der Waals surface area contributed by atoms with Crippen LogP contribution in [0.2, 0.25) is 0 Å². The summed E-state index contributed by atoms with van der Waals surface area (Å²) in [4.78, 5) is 11.4. The first-order valence-corrected chi connectivity index (χ1v) is 9.06. The van der Waals surface area contributed by atoms with Crippen molar-refractivity contribution in [2.24, 2.45) is 0 Å². The van der Waals surface area contributed by atoms with Gasteiger partial charge in [-0.25, -0.2) is 4.98 Å². The van der Waals surface area contributed by atoms with Gasteiger partial charge in [0.25, 0.3) is 0 Å². The number of fused-ring (bicyclic) bond motifs is 2. The molecular weight excluding hydrogens is 346 g/mol. The molecule has 128 valence electrons. The van der Waals surface area contributed by atoms with Gasteiger partial charge in [0.1, 0.15) is 16.5 Å². The average Bonchev–Trinajstić information content (AvgIpc) is 3.30. The lowest BCUT2D eigenvalue weighted by Gasteiger charge is -1.98. The lowest BCUT2D eigenvalue weighted by atomic mass is 10.1. The molecule has 6 heteroatoms. The zero-order valence-electron chi connectivity index (χ0n) is 13.9. The molecule has 0 amide bonds. The topological polar surface area (TPSA) is 84.9 Å². The fraction of sp³-hybridized carbons (Fsp3) is 0.0500. The molecule has 0 unspecified atom stereocenters. The molecule has 5 nitrogen and oxygen atoms in total. The summed E-state index contributed by atoms with van der Waals surface area (Å²) in [5, 5.41) is 24.4. The molecule has 5 aromatic rings. The van der Waals surface area contributed by atoms with E-state index in [1.807, 2.05) is 30.6 Å². The molecule has 3 heterocycles. The van der Waals surface area contributed by atoms with Crippen LogP contribution in [0.4, 0.5) is 0 Å². The number of aryl methyl sites for hydroxylation is 1. The van der Waals surface area contributed by atoms with E-state index >= 15 is 0 Å². The zero-order valence-corrected chi connectivity index (χ0v) is 14.7. The number of H-pyrrole nitrogens is 2. The van der Waals surface area contributed by atoms with Crippen LogP contribution in [0.1, 0.15) is 5.69 Å². The zero-order chi connectivity index (χ0) is 17.8. The van der Waals surface area contributed by atoms with Gasteiger partial charge in [0, 0.05) is 56.3 Å². The molecule has 0 saturated heterocycles. The third-order valence-corrected chi connectivity index (χ3v) is 5.50. The molecule has 0 aliphatic rings. The first-order chi connectivity index (χ1) is 12.6. The second-order valence-corrected chi connectivity index (χ2v) is 7.18. The smallest absolute Gasteiger partial charge is 0.126 e. The van der Waals surface area contributed by atoms with Crippen molar-refractivity contribution in [2.45, 2.75) is 6.92 Å². The monoisotopic (exact) mass is 361 g/mol. The van der Waals surface area contributed by atoms with Crippen molar-refractivity contribution in [1.29, 1.82) is 0 Å². The molecular formula is C20H15N3O2S. The molecule has 0 saturated carbocycles. The van der Waals surface area contributed by atoms with Gasteiger partial charge >= 0.3 is 0 Å². The highest BCUT2D eigenvalue weighted by atomic mass is 32.1. The fourth-order valence-corrected chi connectivity index (χ4v) is 4.29. The van der Waals surface area contributed by atoms with E-state index < -0.39 is 0 Å². The van der Waals surface area contributed by atoms with E-state index in [1.165, 1.54) is 0 Å². The summed E-state index contributed by atoms with van der Waals surface area (Å²) in [5.41, 5.74) is 5.78. The van der Waals surface area contributed by atoms with Gasteiger partial charge < -0.3 is 20.2 Å². The number of nitrogens with one attached hydrogen (secondary N) is 2. The molecule has 4 N–H and O–H groups in total. The van der Waals surface area contributed by atoms with Crippen molar-refractivity contribution >= 4 is 33.1 Å². The molecule has 0 spiro atoms. The third-order valence-electron chi connectivity index (χ3n) is 4.63. The molecule has 0 fully saturated rings. The van der Waals surface area contributed by atoms with E-state index in [2.05, 4.69) is 9.97 Å². The molecule has 26 heavy (non-hydrogen) atoms. The maximum atomic E-state index is 9.85. The average molecular weight is 361 g/mol. The number of benzene rings is 2. The Morgan fingerprint density at radius 3 is 2.65 bits per heavy atom. The lowest BCUT2D eigenvalue weighted by Crippen LogP contribution is -1.81. The van der Waals surface area contributed by atoms with Crippen LogP contribution in [0.25, 0.3) is 43.6 Å². The van der Waals surface area contributed by atoms with Crippen molar-refractivity contribution < 1.29 is 10.2 Å². The second kappa shape index (κ2) is 5.37. The quantitative estimate of drug-likeness (QED) is 0.350. The standard InChI is InChI=1S/C20H15N3O2S/c1-10-19(14-6-11(24)3-5-16(14)22-10)18-9-26-20(23-18)15-8-21-17-7-12(25)2-4-13(15)17/h2-9,21-22,24-25H,1H3. The van der Waals surface area contributed by atoms with E-state index in [1.54, 1.807) is 35.6 Å². The van der Waals surface area contributed by atoms with Crippen molar-refractivity contribution in [3.05, 3.63) is 53.7 Å². The number of hydrogen-bond donors (Lipinski definition) is 4. The number of thiazole rings is 1. The van der Waals surface area contributed by atoms with Gasteiger partial charge in [-0.2, -0.15) is 0 Å². The number of phenols is 2. The van der Waals surface area contributed by atoms with Crippen molar-refractivity contribution in [3.8, 4) is 33.3 Å². The molecule has 0 radical (unpaired) electrons. The van der Waals surface area contributed by atoms with Crippen LogP contribution in [0.3, 0.4) is 0 Å². The van der Waals surface area contributed by atoms with E-state index in [9.17, 15) is 10.2 Å². The Bertz CT molecular complexity index is 1280. The van der Waals surface area contributed by atoms with Crippen LogP contribution < -0.4 is 0 Å². The first-order valence-electron chi connectivity index (χ1n) is 8.18. The van der Waals surface area contributed by atoms with Crippen LogP contribution in [0.5, 0.6) is 11.5 Å². The molecule has 0 aliphatic carbocycles.